The van der Waals surface area contributed by atoms with Gasteiger partial charge in [0.2, 0.25) is 15.9 Å². The molecule has 0 unspecified atom stereocenters. The maximum absolute atomic E-state index is 13.0. The van der Waals surface area contributed by atoms with E-state index < -0.39 is 32.8 Å². The van der Waals surface area contributed by atoms with E-state index in [9.17, 15) is 26.4 Å². The minimum atomic E-state index is -4.81. The topological polar surface area (TPSA) is 75.7 Å². The lowest BCUT2D eigenvalue weighted by molar-refractivity contribution is -0.274. The molecule has 1 saturated carbocycles. The first-order valence-corrected chi connectivity index (χ1v) is 10.3. The standard InChI is InChI=1S/C19H17F3N2O4S/c20-19(21,22)28-16-8-6-15(7-9-16)23-17(25)18-10-14(18)12-24(29(18,26)27)11-13-4-2-1-3-5-13/h1-9,14H,10-12H2,(H,23,25)/t14-,18-/m1/s1. The highest BCUT2D eigenvalue weighted by molar-refractivity contribution is 7.92. The molecule has 0 bridgehead atoms. The molecule has 1 heterocycles. The molecule has 1 N–H and O–H groups in total. The van der Waals surface area contributed by atoms with Crippen molar-refractivity contribution in [3.8, 4) is 5.75 Å². The Morgan fingerprint density at radius 1 is 1.14 bits per heavy atom. The van der Waals surface area contributed by atoms with Crippen molar-refractivity contribution >= 4 is 21.6 Å². The number of nitrogens with zero attached hydrogens (tertiary/aromatic N) is 1. The average Bonchev–Trinajstić information content (AvgIpc) is 3.34. The number of sulfonamides is 1. The number of amides is 1. The fourth-order valence-electron chi connectivity index (χ4n) is 3.72. The first-order chi connectivity index (χ1) is 13.6. The quantitative estimate of drug-likeness (QED) is 0.797. The van der Waals surface area contributed by atoms with E-state index in [0.29, 0.717) is 0 Å². The fourth-order valence-corrected chi connectivity index (χ4v) is 6.07. The number of ether oxygens (including phenoxy) is 1. The molecule has 0 aromatic heterocycles. The van der Waals surface area contributed by atoms with Crippen LogP contribution in [0.3, 0.4) is 0 Å². The van der Waals surface area contributed by atoms with Crippen molar-refractivity contribution in [3.05, 3.63) is 60.2 Å². The van der Waals surface area contributed by atoms with Gasteiger partial charge in [-0.2, -0.15) is 4.31 Å². The Hall–Kier alpha value is -2.59. The third kappa shape index (κ3) is 3.58. The second-order valence-electron chi connectivity index (χ2n) is 7.10. The van der Waals surface area contributed by atoms with Gasteiger partial charge in [0, 0.05) is 24.7 Å². The van der Waals surface area contributed by atoms with Crippen molar-refractivity contribution in [1.29, 1.82) is 0 Å². The van der Waals surface area contributed by atoms with Gasteiger partial charge in [-0.1, -0.05) is 30.3 Å². The lowest BCUT2D eigenvalue weighted by atomic mass is 10.2. The van der Waals surface area contributed by atoms with Crippen LogP contribution in [0.2, 0.25) is 0 Å². The molecule has 4 rings (SSSR count). The molecule has 10 heteroatoms. The summed E-state index contributed by atoms with van der Waals surface area (Å²) in [4.78, 5) is 12.8. The smallest absolute Gasteiger partial charge is 0.406 e. The number of carbonyl (C=O) groups excluding carboxylic acids is 1. The van der Waals surface area contributed by atoms with Crippen molar-refractivity contribution < 1.29 is 31.1 Å². The lowest BCUT2D eigenvalue weighted by Crippen LogP contribution is -2.41. The van der Waals surface area contributed by atoms with E-state index in [2.05, 4.69) is 10.1 Å². The highest BCUT2D eigenvalue weighted by atomic mass is 32.2. The molecule has 2 aromatic rings. The predicted molar refractivity (Wildman–Crippen MR) is 98.4 cm³/mol. The molecule has 2 aliphatic rings. The normalized spacial score (nSPS) is 25.3. The highest BCUT2D eigenvalue weighted by Gasteiger charge is 2.75. The molecule has 1 aliphatic heterocycles. The van der Waals surface area contributed by atoms with Gasteiger partial charge < -0.3 is 10.1 Å². The molecule has 0 radical (unpaired) electrons. The van der Waals surface area contributed by atoms with Gasteiger partial charge in [-0.3, -0.25) is 4.79 Å². The Bertz CT molecular complexity index is 1030. The summed E-state index contributed by atoms with van der Waals surface area (Å²) >= 11 is 0. The number of halogens is 3. The second kappa shape index (κ2) is 6.74. The number of carbonyl (C=O) groups is 1. The molecule has 1 amide bonds. The zero-order chi connectivity index (χ0) is 20.9. The Morgan fingerprint density at radius 2 is 1.79 bits per heavy atom. The summed E-state index contributed by atoms with van der Waals surface area (Å²) in [6.45, 7) is 0.460. The first kappa shape index (κ1) is 19.7. The zero-order valence-corrected chi connectivity index (χ0v) is 15.8. The van der Waals surface area contributed by atoms with Crippen LogP contribution < -0.4 is 10.1 Å². The molecular formula is C19H17F3N2O4S. The molecule has 29 heavy (non-hydrogen) atoms. The fraction of sp³-hybridized carbons (Fsp3) is 0.316. The van der Waals surface area contributed by atoms with Crippen molar-refractivity contribution in [3.63, 3.8) is 0 Å². The Morgan fingerprint density at radius 3 is 2.41 bits per heavy atom. The number of rotatable bonds is 5. The number of hydrogen-bond donors (Lipinski definition) is 1. The summed E-state index contributed by atoms with van der Waals surface area (Å²) < 4.78 is 66.3. The molecule has 2 fully saturated rings. The number of fused-ring (bicyclic) bond motifs is 1. The van der Waals surface area contributed by atoms with Gasteiger partial charge in [0.05, 0.1) is 0 Å². The number of benzene rings is 2. The van der Waals surface area contributed by atoms with E-state index in [-0.39, 0.29) is 31.1 Å². The van der Waals surface area contributed by atoms with Crippen LogP contribution in [0.25, 0.3) is 0 Å². The summed E-state index contributed by atoms with van der Waals surface area (Å²) in [7, 11) is -3.86. The number of hydrogen-bond acceptors (Lipinski definition) is 4. The second-order valence-corrected chi connectivity index (χ2v) is 9.30. The predicted octanol–water partition coefficient (Wildman–Crippen LogP) is 3.13. The summed E-state index contributed by atoms with van der Waals surface area (Å²) in [5.41, 5.74) is 1.02. The molecule has 0 spiro atoms. The molecule has 1 saturated heterocycles. The van der Waals surface area contributed by atoms with E-state index >= 15 is 0 Å². The van der Waals surface area contributed by atoms with Gasteiger partial charge in [-0.05, 0) is 36.2 Å². The van der Waals surface area contributed by atoms with Crippen molar-refractivity contribution in [2.24, 2.45) is 5.92 Å². The van der Waals surface area contributed by atoms with Crippen LogP contribution in [0.15, 0.2) is 54.6 Å². The summed E-state index contributed by atoms with van der Waals surface area (Å²) in [6, 6.07) is 13.7. The summed E-state index contributed by atoms with van der Waals surface area (Å²) in [5.74, 6) is -1.40. The van der Waals surface area contributed by atoms with Crippen molar-refractivity contribution in [2.75, 3.05) is 11.9 Å². The van der Waals surface area contributed by atoms with Gasteiger partial charge in [-0.15, -0.1) is 13.2 Å². The van der Waals surface area contributed by atoms with E-state index in [4.69, 9.17) is 0 Å². The lowest BCUT2D eigenvalue weighted by Gasteiger charge is -2.21. The molecule has 154 valence electrons. The summed E-state index contributed by atoms with van der Waals surface area (Å²) in [6.07, 6.45) is -4.58. The summed E-state index contributed by atoms with van der Waals surface area (Å²) in [5, 5.41) is 2.51. The first-order valence-electron chi connectivity index (χ1n) is 8.83. The highest BCUT2D eigenvalue weighted by Crippen LogP contribution is 2.58. The van der Waals surface area contributed by atoms with Crippen molar-refractivity contribution in [2.45, 2.75) is 24.1 Å². The van der Waals surface area contributed by atoms with Crippen LogP contribution >= 0.6 is 0 Å². The largest absolute Gasteiger partial charge is 0.573 e. The monoisotopic (exact) mass is 426 g/mol. The number of anilines is 1. The zero-order valence-electron chi connectivity index (χ0n) is 15.0. The Kier molecular flexibility index (Phi) is 4.58. The van der Waals surface area contributed by atoms with Crippen LogP contribution in [0.1, 0.15) is 12.0 Å². The molecular weight excluding hydrogens is 409 g/mol. The maximum Gasteiger partial charge on any atom is 0.573 e. The van der Waals surface area contributed by atoms with Crippen LogP contribution in [0.4, 0.5) is 18.9 Å². The Labute approximate surface area is 165 Å². The minimum absolute atomic E-state index is 0.193. The third-order valence-corrected chi connectivity index (χ3v) is 7.77. The van der Waals surface area contributed by atoms with E-state index in [1.54, 1.807) is 0 Å². The van der Waals surface area contributed by atoms with Gasteiger partial charge in [0.25, 0.3) is 0 Å². The number of alkyl halides is 3. The molecule has 1 aliphatic carbocycles. The van der Waals surface area contributed by atoms with Crippen LogP contribution in [-0.2, 0) is 21.4 Å². The third-order valence-electron chi connectivity index (χ3n) is 5.21. The SMILES string of the molecule is O=C(Nc1ccc(OC(F)(F)F)cc1)[C@@]12C[C@@H]1CN(Cc1ccccc1)S2(=O)=O. The van der Waals surface area contributed by atoms with Gasteiger partial charge >= 0.3 is 6.36 Å². The van der Waals surface area contributed by atoms with Gasteiger partial charge in [0.1, 0.15) is 5.75 Å². The van der Waals surface area contributed by atoms with Gasteiger partial charge in [0.15, 0.2) is 4.75 Å². The van der Waals surface area contributed by atoms with Crippen LogP contribution in [0, 0.1) is 5.92 Å². The van der Waals surface area contributed by atoms with Crippen LogP contribution in [0.5, 0.6) is 5.75 Å². The number of nitrogens with one attached hydrogen (secondary N) is 1. The van der Waals surface area contributed by atoms with E-state index in [1.165, 1.54) is 16.4 Å². The molecule has 6 nitrogen and oxygen atoms in total. The Balaban J connectivity index is 1.47. The van der Waals surface area contributed by atoms with Crippen molar-refractivity contribution in [1.82, 2.24) is 4.31 Å². The minimum Gasteiger partial charge on any atom is -0.406 e. The maximum atomic E-state index is 13.0. The average molecular weight is 426 g/mol. The van der Waals surface area contributed by atoms with E-state index in [0.717, 1.165) is 17.7 Å². The van der Waals surface area contributed by atoms with Gasteiger partial charge in [-0.25, -0.2) is 8.42 Å². The molecule has 2 atom stereocenters. The van der Waals surface area contributed by atoms with Crippen LogP contribution in [-0.4, -0.2) is 36.3 Å². The molecule has 2 aromatic carbocycles. The van der Waals surface area contributed by atoms with E-state index in [1.807, 2.05) is 30.3 Å².